The van der Waals surface area contributed by atoms with Crippen molar-refractivity contribution in [2.75, 3.05) is 0 Å². The third-order valence-corrected chi connectivity index (χ3v) is 8.52. The van der Waals surface area contributed by atoms with Gasteiger partial charge in [0.05, 0.1) is 0 Å². The number of unbranched alkanes of at least 4 members (excludes halogenated alkanes) is 4. The van der Waals surface area contributed by atoms with Gasteiger partial charge in [0.15, 0.2) is 0 Å². The van der Waals surface area contributed by atoms with Crippen LogP contribution >= 0.6 is 0 Å². The van der Waals surface area contributed by atoms with Gasteiger partial charge in [-0.3, -0.25) is 0 Å². The van der Waals surface area contributed by atoms with Gasteiger partial charge in [-0.25, -0.2) is 0 Å². The van der Waals surface area contributed by atoms with Crippen molar-refractivity contribution < 1.29 is 0 Å². The molecule has 31 heavy (non-hydrogen) atoms. The highest BCUT2D eigenvalue weighted by molar-refractivity contribution is 5.64. The molecule has 0 heterocycles. The first-order valence-corrected chi connectivity index (χ1v) is 13.5. The maximum Gasteiger partial charge on any atom is -0.0159 e. The molecule has 4 rings (SSSR count). The van der Waals surface area contributed by atoms with Crippen LogP contribution in [0.5, 0.6) is 0 Å². The Bertz CT molecular complexity index is 769. The van der Waals surface area contributed by atoms with E-state index in [0.717, 1.165) is 30.1 Å². The SMILES string of the molecule is CCCCCCCC1CCC2CC(c3ccc(-c4ccc(CC)cc4)cc3)CCC2C1. The minimum atomic E-state index is 0.795. The van der Waals surface area contributed by atoms with E-state index in [0.29, 0.717) is 0 Å². The van der Waals surface area contributed by atoms with Crippen molar-refractivity contribution in [3.63, 3.8) is 0 Å². The van der Waals surface area contributed by atoms with Crippen LogP contribution in [0, 0.1) is 17.8 Å². The molecule has 2 saturated carbocycles. The summed E-state index contributed by atoms with van der Waals surface area (Å²) in [4.78, 5) is 0. The van der Waals surface area contributed by atoms with Crippen molar-refractivity contribution in [3.8, 4) is 11.1 Å². The second kappa shape index (κ2) is 11.3. The van der Waals surface area contributed by atoms with E-state index in [-0.39, 0.29) is 0 Å². The molecule has 2 fully saturated rings. The molecule has 0 spiro atoms. The number of hydrogen-bond acceptors (Lipinski definition) is 0. The molecule has 0 aliphatic heterocycles. The minimum absolute atomic E-state index is 0.795. The van der Waals surface area contributed by atoms with Crippen LogP contribution in [0.15, 0.2) is 48.5 Å². The Hall–Kier alpha value is -1.56. The Morgan fingerprint density at radius 3 is 2.00 bits per heavy atom. The molecule has 0 N–H and O–H groups in total. The number of benzene rings is 2. The molecule has 0 heteroatoms. The molecule has 2 aromatic rings. The molecule has 4 atom stereocenters. The van der Waals surface area contributed by atoms with Crippen molar-refractivity contribution in [2.45, 2.75) is 103 Å². The van der Waals surface area contributed by atoms with Gasteiger partial charge in [-0.1, -0.05) is 107 Å². The third-order valence-electron chi connectivity index (χ3n) is 8.52. The van der Waals surface area contributed by atoms with Crippen molar-refractivity contribution in [3.05, 3.63) is 59.7 Å². The Morgan fingerprint density at radius 1 is 0.645 bits per heavy atom. The van der Waals surface area contributed by atoms with Crippen molar-refractivity contribution in [2.24, 2.45) is 17.8 Å². The number of rotatable bonds is 9. The zero-order valence-corrected chi connectivity index (χ0v) is 20.1. The summed E-state index contributed by atoms with van der Waals surface area (Å²) >= 11 is 0. The molecule has 0 nitrogen and oxygen atoms in total. The molecular formula is C31H44. The standard InChI is InChI=1S/C31H44/c1-3-5-6-7-8-9-25-12-15-31-23-30(21-20-29(31)22-25)28-18-16-27(17-19-28)26-13-10-24(4-2)11-14-26/h10-11,13-14,16-19,25,29-31H,3-9,12,15,20-23H2,1-2H3. The highest BCUT2D eigenvalue weighted by atomic mass is 14.4. The number of hydrogen-bond donors (Lipinski definition) is 0. The van der Waals surface area contributed by atoms with Gasteiger partial charge in [0.25, 0.3) is 0 Å². The fourth-order valence-electron chi connectivity index (χ4n) is 6.47. The Balaban J connectivity index is 1.27. The fourth-order valence-corrected chi connectivity index (χ4v) is 6.47. The summed E-state index contributed by atoms with van der Waals surface area (Å²) in [6.45, 7) is 4.54. The van der Waals surface area contributed by atoms with E-state index in [2.05, 4.69) is 62.4 Å². The van der Waals surface area contributed by atoms with Crippen LogP contribution in [-0.2, 0) is 6.42 Å². The summed E-state index contributed by atoms with van der Waals surface area (Å²) in [5, 5.41) is 0. The van der Waals surface area contributed by atoms with Gasteiger partial charge in [0.1, 0.15) is 0 Å². The van der Waals surface area contributed by atoms with E-state index in [1.165, 1.54) is 93.7 Å². The van der Waals surface area contributed by atoms with Gasteiger partial charge in [-0.15, -0.1) is 0 Å². The maximum absolute atomic E-state index is 2.43. The molecular weight excluding hydrogens is 372 g/mol. The Morgan fingerprint density at radius 2 is 1.29 bits per heavy atom. The largest absolute Gasteiger partial charge is 0.0654 e. The van der Waals surface area contributed by atoms with Gasteiger partial charge in [0, 0.05) is 0 Å². The molecule has 0 aromatic heterocycles. The number of fused-ring (bicyclic) bond motifs is 1. The van der Waals surface area contributed by atoms with Gasteiger partial charge in [-0.05, 0) is 84.5 Å². The highest BCUT2D eigenvalue weighted by Gasteiger charge is 2.35. The van der Waals surface area contributed by atoms with Crippen LogP contribution in [0.3, 0.4) is 0 Å². The summed E-state index contributed by atoms with van der Waals surface area (Å²) in [5.74, 6) is 3.86. The van der Waals surface area contributed by atoms with Crippen LogP contribution in [0.25, 0.3) is 11.1 Å². The summed E-state index contributed by atoms with van der Waals surface area (Å²) in [7, 11) is 0. The normalized spacial score (nSPS) is 25.9. The Labute approximate surface area is 191 Å². The molecule has 0 amide bonds. The monoisotopic (exact) mass is 416 g/mol. The topological polar surface area (TPSA) is 0 Å². The molecule has 4 unspecified atom stereocenters. The zero-order chi connectivity index (χ0) is 21.5. The zero-order valence-electron chi connectivity index (χ0n) is 20.1. The van der Waals surface area contributed by atoms with Crippen LogP contribution in [0.1, 0.15) is 108 Å². The summed E-state index contributed by atoms with van der Waals surface area (Å²) in [6.07, 6.45) is 18.7. The van der Waals surface area contributed by atoms with E-state index < -0.39 is 0 Å². The maximum atomic E-state index is 2.43. The first-order chi connectivity index (χ1) is 15.3. The van der Waals surface area contributed by atoms with Gasteiger partial charge in [-0.2, -0.15) is 0 Å². The predicted octanol–water partition coefficient (Wildman–Crippen LogP) is 9.58. The first kappa shape index (κ1) is 22.6. The second-order valence-corrected chi connectivity index (χ2v) is 10.6. The van der Waals surface area contributed by atoms with E-state index in [1.807, 2.05) is 0 Å². The fraction of sp³-hybridized carbons (Fsp3) is 0.613. The van der Waals surface area contributed by atoms with Gasteiger partial charge >= 0.3 is 0 Å². The van der Waals surface area contributed by atoms with Crippen molar-refractivity contribution in [1.82, 2.24) is 0 Å². The van der Waals surface area contributed by atoms with E-state index in [4.69, 9.17) is 0 Å². The lowest BCUT2D eigenvalue weighted by molar-refractivity contribution is 0.113. The lowest BCUT2D eigenvalue weighted by Gasteiger charge is -2.42. The summed E-state index contributed by atoms with van der Waals surface area (Å²) < 4.78 is 0. The first-order valence-electron chi connectivity index (χ1n) is 13.5. The van der Waals surface area contributed by atoms with Crippen molar-refractivity contribution in [1.29, 1.82) is 0 Å². The molecule has 0 bridgehead atoms. The molecule has 0 radical (unpaired) electrons. The highest BCUT2D eigenvalue weighted by Crippen LogP contribution is 2.48. The lowest BCUT2D eigenvalue weighted by atomic mass is 9.63. The van der Waals surface area contributed by atoms with Gasteiger partial charge < -0.3 is 0 Å². The average Bonchev–Trinajstić information content (AvgIpc) is 2.84. The van der Waals surface area contributed by atoms with E-state index in [9.17, 15) is 0 Å². The lowest BCUT2D eigenvalue weighted by Crippen LogP contribution is -2.30. The van der Waals surface area contributed by atoms with E-state index >= 15 is 0 Å². The number of aryl methyl sites for hydroxylation is 1. The summed E-state index contributed by atoms with van der Waals surface area (Å²) in [6, 6.07) is 18.7. The minimum Gasteiger partial charge on any atom is -0.0654 e. The van der Waals surface area contributed by atoms with Crippen LogP contribution in [0.2, 0.25) is 0 Å². The van der Waals surface area contributed by atoms with Crippen LogP contribution < -0.4 is 0 Å². The molecule has 2 aliphatic rings. The predicted molar refractivity (Wildman–Crippen MR) is 136 cm³/mol. The molecule has 2 aliphatic carbocycles. The van der Waals surface area contributed by atoms with Gasteiger partial charge in [0.2, 0.25) is 0 Å². The van der Waals surface area contributed by atoms with E-state index in [1.54, 1.807) is 5.56 Å². The second-order valence-electron chi connectivity index (χ2n) is 10.6. The quantitative estimate of drug-likeness (QED) is 0.357. The smallest absolute Gasteiger partial charge is 0.0159 e. The Kier molecular flexibility index (Phi) is 8.28. The van der Waals surface area contributed by atoms with Crippen LogP contribution in [-0.4, -0.2) is 0 Å². The average molecular weight is 417 g/mol. The third kappa shape index (κ3) is 6.03. The molecule has 168 valence electrons. The van der Waals surface area contributed by atoms with Crippen molar-refractivity contribution >= 4 is 0 Å². The molecule has 2 aromatic carbocycles. The molecule has 0 saturated heterocycles. The summed E-state index contributed by atoms with van der Waals surface area (Å²) in [5.41, 5.74) is 5.72. The van der Waals surface area contributed by atoms with Crippen LogP contribution in [0.4, 0.5) is 0 Å².